The number of hydrogen-bond donors (Lipinski definition) is 0. The molecule has 0 aromatic rings. The third kappa shape index (κ3) is 5.25. The van der Waals surface area contributed by atoms with E-state index in [1.807, 2.05) is 0 Å². The maximum absolute atomic E-state index is 11.1. The first kappa shape index (κ1) is 14.6. The Bertz CT molecular complexity index is 405. The molecule has 0 heterocycles. The van der Waals surface area contributed by atoms with Crippen LogP contribution in [0.15, 0.2) is 33.9 Å². The van der Waals surface area contributed by atoms with Crippen molar-refractivity contribution in [2.75, 3.05) is 7.11 Å². The Balaban J connectivity index is 5.28. The van der Waals surface area contributed by atoms with E-state index in [4.69, 9.17) is 22.3 Å². The van der Waals surface area contributed by atoms with Crippen molar-refractivity contribution in [2.24, 2.45) is 0 Å². The van der Waals surface area contributed by atoms with Crippen LogP contribution in [-0.4, -0.2) is 15.5 Å². The Hall–Kier alpha value is -0.450. The first-order valence-electron chi connectivity index (χ1n) is 4.01. The Morgan fingerprint density at radius 3 is 2.27 bits per heavy atom. The smallest absolute Gasteiger partial charge is 0.264 e. The molecule has 0 unspecified atom stereocenters. The van der Waals surface area contributed by atoms with Gasteiger partial charge in [0.1, 0.15) is 11.2 Å². The molecule has 0 atom stereocenters. The highest BCUT2D eigenvalue weighted by atomic mass is 35.7. The number of halogens is 2. The van der Waals surface area contributed by atoms with E-state index in [1.165, 1.54) is 13.2 Å². The molecule has 0 saturated carbocycles. The molecule has 0 bridgehead atoms. The summed E-state index contributed by atoms with van der Waals surface area (Å²) in [6.45, 7) is 3.42. The average molecular weight is 271 g/mol. The molecule has 0 radical (unpaired) electrons. The molecule has 0 aliphatic heterocycles. The zero-order chi connectivity index (χ0) is 12.1. The number of hydrogen-bond acceptors (Lipinski definition) is 3. The van der Waals surface area contributed by atoms with Gasteiger partial charge in [-0.25, -0.2) is 8.42 Å². The maximum atomic E-state index is 11.1. The van der Waals surface area contributed by atoms with Gasteiger partial charge in [-0.3, -0.25) is 0 Å². The first-order valence-corrected chi connectivity index (χ1v) is 6.69. The lowest BCUT2D eigenvalue weighted by atomic mass is 10.2. The third-order valence-electron chi connectivity index (χ3n) is 1.50. The fourth-order valence-corrected chi connectivity index (χ4v) is 1.61. The summed E-state index contributed by atoms with van der Waals surface area (Å²) < 4.78 is 26.8. The largest absolute Gasteiger partial charge is 0.503 e. The summed E-state index contributed by atoms with van der Waals surface area (Å²) in [5, 5.41) is 0.456. The Labute approximate surface area is 99.4 Å². The van der Waals surface area contributed by atoms with E-state index in [1.54, 1.807) is 19.9 Å². The lowest BCUT2D eigenvalue weighted by Crippen LogP contribution is -1.94. The molecule has 6 heteroatoms. The van der Waals surface area contributed by atoms with E-state index in [2.05, 4.69) is 4.74 Å². The van der Waals surface area contributed by atoms with Crippen LogP contribution >= 0.6 is 22.3 Å². The summed E-state index contributed by atoms with van der Waals surface area (Å²) in [6.07, 6.45) is 4.04. The molecule has 0 rings (SSSR count). The highest BCUT2D eigenvalue weighted by molar-refractivity contribution is 8.17. The van der Waals surface area contributed by atoms with Gasteiger partial charge in [-0.05, 0) is 25.5 Å². The van der Waals surface area contributed by atoms with Crippen molar-refractivity contribution in [3.63, 3.8) is 0 Å². The monoisotopic (exact) mass is 270 g/mol. The third-order valence-corrected chi connectivity index (χ3v) is 3.33. The molecule has 0 saturated heterocycles. The van der Waals surface area contributed by atoms with Crippen LogP contribution in [0.1, 0.15) is 13.8 Å². The fourth-order valence-electron chi connectivity index (χ4n) is 0.788. The van der Waals surface area contributed by atoms with Crippen LogP contribution in [0, 0.1) is 0 Å². The van der Waals surface area contributed by atoms with Crippen LogP contribution < -0.4 is 0 Å². The Morgan fingerprint density at radius 1 is 1.40 bits per heavy atom. The number of allylic oxidation sites excluding steroid dienone is 4. The van der Waals surface area contributed by atoms with E-state index in [-0.39, 0.29) is 4.91 Å². The van der Waals surface area contributed by atoms with Crippen LogP contribution in [0.4, 0.5) is 0 Å². The van der Waals surface area contributed by atoms with E-state index < -0.39 is 9.05 Å². The van der Waals surface area contributed by atoms with Crippen molar-refractivity contribution in [1.29, 1.82) is 0 Å². The topological polar surface area (TPSA) is 43.4 Å². The fraction of sp³-hybridized carbons (Fsp3) is 0.333. The summed E-state index contributed by atoms with van der Waals surface area (Å²) in [4.78, 5) is -0.135. The van der Waals surface area contributed by atoms with Crippen LogP contribution in [-0.2, 0) is 13.8 Å². The Kier molecular flexibility index (Phi) is 6.02. The maximum Gasteiger partial charge on any atom is 0.264 e. The molecule has 15 heavy (non-hydrogen) atoms. The molecule has 0 aromatic carbocycles. The van der Waals surface area contributed by atoms with E-state index in [0.29, 0.717) is 10.6 Å². The molecule has 0 aliphatic carbocycles. The predicted octanol–water partition coefficient (Wildman–Crippen LogP) is 3.13. The van der Waals surface area contributed by atoms with E-state index in [0.717, 1.165) is 6.26 Å². The van der Waals surface area contributed by atoms with Gasteiger partial charge in [-0.1, -0.05) is 17.7 Å². The predicted molar refractivity (Wildman–Crippen MR) is 63.2 cm³/mol. The molecule has 86 valence electrons. The lowest BCUT2D eigenvalue weighted by Gasteiger charge is -2.00. The van der Waals surface area contributed by atoms with Crippen molar-refractivity contribution in [2.45, 2.75) is 13.8 Å². The van der Waals surface area contributed by atoms with Gasteiger partial charge in [0.2, 0.25) is 0 Å². The van der Waals surface area contributed by atoms with Crippen molar-refractivity contribution >= 4 is 31.3 Å². The summed E-state index contributed by atoms with van der Waals surface area (Å²) in [5.74, 6) is 0. The summed E-state index contributed by atoms with van der Waals surface area (Å²) >= 11 is 5.80. The second-order valence-electron chi connectivity index (χ2n) is 2.66. The molecule has 0 spiro atoms. The van der Waals surface area contributed by atoms with Gasteiger partial charge in [0.15, 0.2) is 0 Å². The summed E-state index contributed by atoms with van der Waals surface area (Å²) in [6, 6.07) is 0. The zero-order valence-corrected chi connectivity index (χ0v) is 10.9. The minimum absolute atomic E-state index is 0.135. The van der Waals surface area contributed by atoms with E-state index in [9.17, 15) is 8.42 Å². The molecule has 0 amide bonds. The highest BCUT2D eigenvalue weighted by Crippen LogP contribution is 2.20. The average Bonchev–Trinajstić information content (AvgIpc) is 2.14. The normalized spacial score (nSPS) is 15.4. The van der Waals surface area contributed by atoms with Gasteiger partial charge in [0, 0.05) is 15.7 Å². The van der Waals surface area contributed by atoms with Gasteiger partial charge in [0.25, 0.3) is 9.05 Å². The van der Waals surface area contributed by atoms with Crippen molar-refractivity contribution in [1.82, 2.24) is 0 Å². The second kappa shape index (κ2) is 6.20. The molecular formula is C9H12Cl2O3S. The van der Waals surface area contributed by atoms with Gasteiger partial charge in [-0.2, -0.15) is 0 Å². The number of methoxy groups -OCH3 is 1. The minimum Gasteiger partial charge on any atom is -0.503 e. The highest BCUT2D eigenvalue weighted by Gasteiger charge is 2.12. The van der Waals surface area contributed by atoms with Crippen LogP contribution in [0.2, 0.25) is 0 Å². The standard InChI is InChI=1S/C9H12Cl2O3S/c1-4-9(10)7(2)5-8(6-14-3)15(11,12)13/h4-6H,1-3H3/b7-5-,8-6-,9-4+. The quantitative estimate of drug-likeness (QED) is 0.448. The van der Waals surface area contributed by atoms with Gasteiger partial charge < -0.3 is 4.74 Å². The Morgan fingerprint density at radius 2 is 1.93 bits per heavy atom. The van der Waals surface area contributed by atoms with Gasteiger partial charge in [0.05, 0.1) is 7.11 Å². The second-order valence-corrected chi connectivity index (χ2v) is 5.63. The number of rotatable bonds is 4. The zero-order valence-electron chi connectivity index (χ0n) is 8.62. The van der Waals surface area contributed by atoms with Crippen LogP contribution in [0.5, 0.6) is 0 Å². The summed E-state index contributed by atoms with van der Waals surface area (Å²) in [7, 11) is 2.70. The minimum atomic E-state index is -3.82. The van der Waals surface area contributed by atoms with Gasteiger partial charge >= 0.3 is 0 Å². The number of ether oxygens (including phenoxy) is 1. The summed E-state index contributed by atoms with van der Waals surface area (Å²) in [5.41, 5.74) is 0.590. The molecule has 3 nitrogen and oxygen atoms in total. The molecule has 0 aliphatic rings. The lowest BCUT2D eigenvalue weighted by molar-refractivity contribution is 0.337. The van der Waals surface area contributed by atoms with Gasteiger partial charge in [-0.15, -0.1) is 0 Å². The molecule has 0 aromatic heterocycles. The van der Waals surface area contributed by atoms with E-state index >= 15 is 0 Å². The van der Waals surface area contributed by atoms with Crippen molar-refractivity contribution in [3.8, 4) is 0 Å². The van der Waals surface area contributed by atoms with Crippen LogP contribution in [0.3, 0.4) is 0 Å². The van der Waals surface area contributed by atoms with Crippen molar-refractivity contribution in [3.05, 3.63) is 33.9 Å². The molecule has 0 fully saturated rings. The molecular weight excluding hydrogens is 259 g/mol. The molecule has 0 N–H and O–H groups in total. The van der Waals surface area contributed by atoms with Crippen molar-refractivity contribution < 1.29 is 13.2 Å². The van der Waals surface area contributed by atoms with Crippen LogP contribution in [0.25, 0.3) is 0 Å². The first-order chi connectivity index (χ1) is 6.82. The SMILES string of the molecule is C\C=C(Cl)/C(C)=C\C(=C\OC)S(=O)(=O)Cl.